The molecule has 0 unspecified atom stereocenters. The summed E-state index contributed by atoms with van der Waals surface area (Å²) in [5.74, 6) is 0.996. The number of anilines is 1. The molecule has 0 aliphatic carbocycles. The fraction of sp³-hybridized carbons (Fsp3) is 0.235. The molecule has 2 nitrogen and oxygen atoms in total. The van der Waals surface area contributed by atoms with Crippen LogP contribution in [0, 0.1) is 0 Å². The molecule has 21 heavy (non-hydrogen) atoms. The van der Waals surface area contributed by atoms with Crippen molar-refractivity contribution in [3.05, 3.63) is 59.9 Å². The molecule has 110 valence electrons. The van der Waals surface area contributed by atoms with E-state index in [0.29, 0.717) is 0 Å². The second-order valence-electron chi connectivity index (χ2n) is 4.63. The minimum Gasteiger partial charge on any atom is -0.384 e. The summed E-state index contributed by atoms with van der Waals surface area (Å²) in [5.41, 5.74) is 3.57. The lowest BCUT2D eigenvalue weighted by atomic mass is 10.1. The Morgan fingerprint density at radius 1 is 1.14 bits per heavy atom. The number of rotatable bonds is 7. The monoisotopic (exact) mass is 317 g/mol. The minimum atomic E-state index is 0.934. The zero-order valence-electron chi connectivity index (χ0n) is 12.2. The Balaban J connectivity index is 2.01. The van der Waals surface area contributed by atoms with Crippen molar-refractivity contribution < 1.29 is 4.57 Å². The average Bonchev–Trinajstić information content (AvgIpc) is 2.54. The summed E-state index contributed by atoms with van der Waals surface area (Å²) in [6.07, 6.45) is 6.41. The van der Waals surface area contributed by atoms with Gasteiger partial charge in [0.25, 0.3) is 0 Å². The van der Waals surface area contributed by atoms with Crippen LogP contribution in [0.5, 0.6) is 0 Å². The van der Waals surface area contributed by atoms with Crippen LogP contribution in [-0.4, -0.2) is 12.3 Å². The SMILES string of the molecule is CC[n+]1ccccc1/C=C/c1ccc(NCCSS)cc1. The molecule has 0 atom stereocenters. The van der Waals surface area contributed by atoms with E-state index in [0.717, 1.165) is 24.5 Å². The quantitative estimate of drug-likeness (QED) is 0.345. The highest BCUT2D eigenvalue weighted by molar-refractivity contribution is 8.68. The standard InChI is InChI=1S/C17H20N2S2/c1-2-19-13-4-3-5-17(19)11-8-15-6-9-16(10-7-15)18-12-14-21-20/h3-11,13,20H,2,12,14H2,1H3/p+1. The molecule has 0 aliphatic heterocycles. The first-order valence-corrected chi connectivity index (χ1v) is 9.14. The number of aromatic nitrogens is 1. The van der Waals surface area contributed by atoms with Crippen LogP contribution < -0.4 is 9.88 Å². The average molecular weight is 318 g/mol. The number of hydrogen-bond donors (Lipinski definition) is 2. The lowest BCUT2D eigenvalue weighted by Crippen LogP contribution is -2.34. The highest BCUT2D eigenvalue weighted by atomic mass is 33.1. The molecule has 1 N–H and O–H groups in total. The van der Waals surface area contributed by atoms with Gasteiger partial charge in [-0.15, -0.1) is 11.7 Å². The number of aryl methyl sites for hydroxylation is 1. The van der Waals surface area contributed by atoms with Gasteiger partial charge in [0.2, 0.25) is 5.69 Å². The Morgan fingerprint density at radius 2 is 1.95 bits per heavy atom. The summed E-state index contributed by atoms with van der Waals surface area (Å²) in [4.78, 5) is 0. The maximum Gasteiger partial charge on any atom is 0.205 e. The van der Waals surface area contributed by atoms with Crippen molar-refractivity contribution >= 4 is 40.3 Å². The van der Waals surface area contributed by atoms with Gasteiger partial charge < -0.3 is 5.32 Å². The highest BCUT2D eigenvalue weighted by Crippen LogP contribution is 2.12. The van der Waals surface area contributed by atoms with Crippen LogP contribution in [-0.2, 0) is 6.54 Å². The van der Waals surface area contributed by atoms with Crippen LogP contribution in [0.25, 0.3) is 12.2 Å². The molecule has 0 amide bonds. The van der Waals surface area contributed by atoms with E-state index >= 15 is 0 Å². The summed E-state index contributed by atoms with van der Waals surface area (Å²) in [5, 5.41) is 3.37. The van der Waals surface area contributed by atoms with Crippen LogP contribution in [0.15, 0.2) is 48.7 Å². The highest BCUT2D eigenvalue weighted by Gasteiger charge is 2.02. The van der Waals surface area contributed by atoms with Gasteiger partial charge >= 0.3 is 0 Å². The first kappa shape index (κ1) is 16.0. The van der Waals surface area contributed by atoms with Gasteiger partial charge in [-0.25, -0.2) is 0 Å². The molecule has 1 heterocycles. The molecule has 0 radical (unpaired) electrons. The van der Waals surface area contributed by atoms with Crippen LogP contribution in [0.2, 0.25) is 0 Å². The van der Waals surface area contributed by atoms with Gasteiger partial charge in [-0.05, 0) is 36.8 Å². The molecule has 2 aromatic rings. The molecule has 0 saturated carbocycles. The van der Waals surface area contributed by atoms with E-state index in [2.05, 4.69) is 89.3 Å². The summed E-state index contributed by atoms with van der Waals surface area (Å²) in [6, 6.07) is 14.7. The number of hydrogen-bond acceptors (Lipinski definition) is 3. The Morgan fingerprint density at radius 3 is 2.67 bits per heavy atom. The summed E-state index contributed by atoms with van der Waals surface area (Å²) >= 11 is 4.13. The number of nitrogens with zero attached hydrogens (tertiary/aromatic N) is 1. The van der Waals surface area contributed by atoms with E-state index in [4.69, 9.17) is 0 Å². The smallest absolute Gasteiger partial charge is 0.205 e. The molecule has 1 aromatic carbocycles. The topological polar surface area (TPSA) is 15.9 Å². The van der Waals surface area contributed by atoms with Crippen LogP contribution in [0.3, 0.4) is 0 Å². The van der Waals surface area contributed by atoms with E-state index in [9.17, 15) is 0 Å². The van der Waals surface area contributed by atoms with Gasteiger partial charge in [-0.1, -0.05) is 22.9 Å². The Bertz CT molecular complexity index is 580. The molecule has 0 spiro atoms. The van der Waals surface area contributed by atoms with Crippen LogP contribution in [0.4, 0.5) is 5.69 Å². The summed E-state index contributed by atoms with van der Waals surface area (Å²) in [6.45, 7) is 4.07. The summed E-state index contributed by atoms with van der Waals surface area (Å²) < 4.78 is 2.22. The van der Waals surface area contributed by atoms with Crippen molar-refractivity contribution in [1.82, 2.24) is 0 Å². The third-order valence-electron chi connectivity index (χ3n) is 3.20. The predicted molar refractivity (Wildman–Crippen MR) is 97.6 cm³/mol. The third kappa shape index (κ3) is 5.14. The zero-order valence-corrected chi connectivity index (χ0v) is 13.9. The normalized spacial score (nSPS) is 11.0. The van der Waals surface area contributed by atoms with Gasteiger partial charge in [0, 0.05) is 36.2 Å². The zero-order chi connectivity index (χ0) is 14.9. The molecule has 0 aliphatic rings. The van der Waals surface area contributed by atoms with Crippen molar-refractivity contribution in [3.63, 3.8) is 0 Å². The van der Waals surface area contributed by atoms with E-state index < -0.39 is 0 Å². The number of pyridine rings is 1. The van der Waals surface area contributed by atoms with E-state index in [1.807, 2.05) is 0 Å². The summed E-state index contributed by atoms with van der Waals surface area (Å²) in [7, 11) is 1.55. The Kier molecular flexibility index (Phi) is 6.70. The van der Waals surface area contributed by atoms with Gasteiger partial charge in [-0.2, -0.15) is 4.57 Å². The lowest BCUT2D eigenvalue weighted by Gasteiger charge is -2.04. The van der Waals surface area contributed by atoms with Gasteiger partial charge in [0.15, 0.2) is 6.20 Å². The molecule has 1 aromatic heterocycles. The molecule has 2 rings (SSSR count). The number of nitrogens with one attached hydrogen (secondary N) is 1. The van der Waals surface area contributed by atoms with Gasteiger partial charge in [0.05, 0.1) is 0 Å². The molecular weight excluding hydrogens is 296 g/mol. The second kappa shape index (κ2) is 8.80. The third-order valence-corrected chi connectivity index (χ3v) is 4.13. The van der Waals surface area contributed by atoms with Crippen molar-refractivity contribution in [2.75, 3.05) is 17.6 Å². The van der Waals surface area contributed by atoms with Crippen molar-refractivity contribution in [2.45, 2.75) is 13.5 Å². The fourth-order valence-electron chi connectivity index (χ4n) is 2.06. The minimum absolute atomic E-state index is 0.934. The number of thiol groups is 1. The fourth-order valence-corrected chi connectivity index (χ4v) is 2.53. The maximum atomic E-state index is 4.13. The van der Waals surface area contributed by atoms with Gasteiger partial charge in [0.1, 0.15) is 6.54 Å². The maximum absolute atomic E-state index is 4.13. The molecule has 0 fully saturated rings. The predicted octanol–water partition coefficient (Wildman–Crippen LogP) is 4.15. The van der Waals surface area contributed by atoms with Gasteiger partial charge in [-0.3, -0.25) is 0 Å². The Hall–Kier alpha value is -1.39. The largest absolute Gasteiger partial charge is 0.384 e. The second-order valence-corrected chi connectivity index (χ2v) is 6.07. The van der Waals surface area contributed by atoms with Crippen molar-refractivity contribution in [1.29, 1.82) is 0 Å². The first-order valence-electron chi connectivity index (χ1n) is 7.10. The van der Waals surface area contributed by atoms with Crippen molar-refractivity contribution in [3.8, 4) is 0 Å². The van der Waals surface area contributed by atoms with Crippen LogP contribution >= 0.6 is 22.5 Å². The van der Waals surface area contributed by atoms with E-state index in [1.165, 1.54) is 11.3 Å². The lowest BCUT2D eigenvalue weighted by molar-refractivity contribution is -0.695. The van der Waals surface area contributed by atoms with E-state index in [1.54, 1.807) is 10.8 Å². The first-order chi connectivity index (χ1) is 10.3. The van der Waals surface area contributed by atoms with E-state index in [-0.39, 0.29) is 0 Å². The van der Waals surface area contributed by atoms with Crippen molar-refractivity contribution in [2.24, 2.45) is 0 Å². The molecule has 0 bridgehead atoms. The molecule has 0 saturated heterocycles. The molecule has 4 heteroatoms. The van der Waals surface area contributed by atoms with Crippen LogP contribution in [0.1, 0.15) is 18.2 Å². The number of benzene rings is 1. The molecular formula is C17H21N2S2+. The Labute approximate surface area is 136 Å².